The summed E-state index contributed by atoms with van der Waals surface area (Å²) in [5, 5.41) is 2.96. The maximum atomic E-state index is 12.8. The second-order valence-electron chi connectivity index (χ2n) is 7.00. The van der Waals surface area contributed by atoms with Gasteiger partial charge in [0.15, 0.2) is 0 Å². The van der Waals surface area contributed by atoms with Crippen LogP contribution in [0.25, 0.3) is 0 Å². The Morgan fingerprint density at radius 3 is 2.50 bits per heavy atom. The summed E-state index contributed by atoms with van der Waals surface area (Å²) in [6.07, 6.45) is 1.48. The molecule has 1 aromatic heterocycles. The number of aromatic nitrogens is 2. The molecule has 0 radical (unpaired) electrons. The van der Waals surface area contributed by atoms with Gasteiger partial charge in [0.2, 0.25) is 0 Å². The van der Waals surface area contributed by atoms with Gasteiger partial charge < -0.3 is 10.1 Å². The third kappa shape index (κ3) is 3.55. The molecule has 28 heavy (non-hydrogen) atoms. The number of carbonyl (C=O) groups is 1. The van der Waals surface area contributed by atoms with Crippen LogP contribution in [0.5, 0.6) is 0 Å². The van der Waals surface area contributed by atoms with Crippen LogP contribution in [0.2, 0.25) is 0 Å². The minimum atomic E-state index is -0.671. The van der Waals surface area contributed by atoms with Gasteiger partial charge in [-0.25, -0.2) is 9.59 Å². The van der Waals surface area contributed by atoms with E-state index in [0.717, 1.165) is 11.1 Å². The van der Waals surface area contributed by atoms with Crippen molar-refractivity contribution in [3.05, 3.63) is 85.7 Å². The predicted molar refractivity (Wildman–Crippen MR) is 108 cm³/mol. The minimum absolute atomic E-state index is 0.0590. The van der Waals surface area contributed by atoms with E-state index < -0.39 is 23.1 Å². The van der Waals surface area contributed by atoms with E-state index in [-0.39, 0.29) is 18.0 Å². The van der Waals surface area contributed by atoms with Crippen LogP contribution < -0.4 is 16.6 Å². The summed E-state index contributed by atoms with van der Waals surface area (Å²) >= 11 is 0. The van der Waals surface area contributed by atoms with Crippen LogP contribution in [0, 0.1) is 0 Å². The number of benzene rings is 1. The molecule has 2 heterocycles. The third-order valence-corrected chi connectivity index (χ3v) is 4.76. The molecule has 1 aliphatic heterocycles. The topological polar surface area (TPSA) is 104 Å². The van der Waals surface area contributed by atoms with Gasteiger partial charge in [0.1, 0.15) is 12.4 Å². The van der Waals surface area contributed by atoms with Crippen molar-refractivity contribution in [2.45, 2.75) is 32.6 Å². The maximum absolute atomic E-state index is 12.8. The molecule has 7 nitrogen and oxygen atoms in total. The Hall–Kier alpha value is -3.35. The first kappa shape index (κ1) is 19.4. The fourth-order valence-corrected chi connectivity index (χ4v) is 3.38. The van der Waals surface area contributed by atoms with Crippen LogP contribution in [0.4, 0.5) is 5.82 Å². The summed E-state index contributed by atoms with van der Waals surface area (Å²) < 4.78 is 5.25. The molecule has 1 atom stereocenters. The number of rotatable bonds is 5. The standard InChI is InChI=1S/C21H23N3O4/c1-5-10-28-20(26)15-12(4)22-18-17(19(25)24-21(27)23-18)16(15)14-8-6-13(7-9-14)11(2)3/h5-9,11,16H,1,10H2,2-4H3,(H3,22,23,24,25,27)/t16-/m0/s1. The van der Waals surface area contributed by atoms with Gasteiger partial charge >= 0.3 is 11.7 Å². The number of nitrogens with one attached hydrogen (secondary N) is 3. The average molecular weight is 381 g/mol. The highest BCUT2D eigenvalue weighted by Crippen LogP contribution is 2.39. The molecule has 7 heteroatoms. The van der Waals surface area contributed by atoms with Crippen LogP contribution in [0.3, 0.4) is 0 Å². The number of hydrogen-bond donors (Lipinski definition) is 3. The van der Waals surface area contributed by atoms with Crippen LogP contribution in [-0.2, 0) is 9.53 Å². The highest BCUT2D eigenvalue weighted by atomic mass is 16.5. The number of fused-ring (bicyclic) bond motifs is 1. The number of ether oxygens (including phenoxy) is 1. The van der Waals surface area contributed by atoms with Gasteiger partial charge in [0.25, 0.3) is 5.56 Å². The third-order valence-electron chi connectivity index (χ3n) is 4.76. The van der Waals surface area contributed by atoms with Crippen molar-refractivity contribution >= 4 is 11.8 Å². The largest absolute Gasteiger partial charge is 0.458 e. The van der Waals surface area contributed by atoms with E-state index in [2.05, 4.69) is 35.7 Å². The van der Waals surface area contributed by atoms with E-state index in [4.69, 9.17) is 4.74 Å². The number of anilines is 1. The van der Waals surface area contributed by atoms with E-state index in [1.807, 2.05) is 24.3 Å². The molecule has 0 bridgehead atoms. The van der Waals surface area contributed by atoms with Crippen molar-refractivity contribution in [3.8, 4) is 0 Å². The molecule has 1 aromatic carbocycles. The van der Waals surface area contributed by atoms with Crippen LogP contribution in [-0.4, -0.2) is 22.5 Å². The first-order chi connectivity index (χ1) is 13.3. The Morgan fingerprint density at radius 1 is 1.21 bits per heavy atom. The predicted octanol–water partition coefficient (Wildman–Crippen LogP) is 2.75. The van der Waals surface area contributed by atoms with Gasteiger partial charge in [-0.2, -0.15) is 0 Å². The summed E-state index contributed by atoms with van der Waals surface area (Å²) in [5.74, 6) is -0.581. The second-order valence-corrected chi connectivity index (χ2v) is 7.00. The molecule has 0 aliphatic carbocycles. The quantitative estimate of drug-likeness (QED) is 0.546. The lowest BCUT2D eigenvalue weighted by Crippen LogP contribution is -2.35. The van der Waals surface area contributed by atoms with Crippen molar-refractivity contribution < 1.29 is 9.53 Å². The van der Waals surface area contributed by atoms with Gasteiger partial charge in [-0.3, -0.25) is 14.8 Å². The highest BCUT2D eigenvalue weighted by Gasteiger charge is 2.35. The Bertz CT molecular complexity index is 1060. The van der Waals surface area contributed by atoms with Gasteiger partial charge in [-0.05, 0) is 24.0 Å². The molecule has 0 saturated heterocycles. The van der Waals surface area contributed by atoms with Crippen LogP contribution in [0.15, 0.2) is 57.8 Å². The molecule has 3 rings (SSSR count). The summed E-state index contributed by atoms with van der Waals surface area (Å²) in [5.41, 5.74) is 1.85. The molecule has 3 N–H and O–H groups in total. The van der Waals surface area contributed by atoms with Gasteiger partial charge in [0.05, 0.1) is 17.1 Å². The van der Waals surface area contributed by atoms with E-state index >= 15 is 0 Å². The summed E-state index contributed by atoms with van der Waals surface area (Å²) in [6, 6.07) is 7.74. The normalized spacial score (nSPS) is 15.8. The number of esters is 1. The molecule has 0 spiro atoms. The zero-order valence-corrected chi connectivity index (χ0v) is 16.1. The first-order valence-electron chi connectivity index (χ1n) is 9.05. The van der Waals surface area contributed by atoms with Crippen molar-refractivity contribution in [2.24, 2.45) is 0 Å². The van der Waals surface area contributed by atoms with E-state index in [0.29, 0.717) is 17.2 Å². The first-order valence-corrected chi connectivity index (χ1v) is 9.05. The fourth-order valence-electron chi connectivity index (χ4n) is 3.38. The zero-order chi connectivity index (χ0) is 20.4. The smallest absolute Gasteiger partial charge is 0.337 e. The van der Waals surface area contributed by atoms with E-state index in [9.17, 15) is 14.4 Å². The molecule has 1 aliphatic rings. The summed E-state index contributed by atoms with van der Waals surface area (Å²) in [4.78, 5) is 42.0. The maximum Gasteiger partial charge on any atom is 0.337 e. The molecule has 2 aromatic rings. The lowest BCUT2D eigenvalue weighted by molar-refractivity contribution is -0.138. The summed E-state index contributed by atoms with van der Waals surface area (Å²) in [6.45, 7) is 9.51. The van der Waals surface area contributed by atoms with Gasteiger partial charge in [-0.15, -0.1) is 0 Å². The van der Waals surface area contributed by atoms with Crippen LogP contribution >= 0.6 is 0 Å². The van der Waals surface area contributed by atoms with E-state index in [1.165, 1.54) is 6.08 Å². The molecule has 0 unspecified atom stereocenters. The Labute approximate surface area is 162 Å². The zero-order valence-electron chi connectivity index (χ0n) is 16.1. The fraction of sp³-hybridized carbons (Fsp3) is 0.286. The molecule has 0 saturated carbocycles. The SMILES string of the molecule is C=CCOC(=O)C1=C(C)Nc2[nH]c(=O)[nH]c(=O)c2[C@H]1c1ccc(C(C)C)cc1. The Morgan fingerprint density at radius 2 is 1.89 bits per heavy atom. The number of H-pyrrole nitrogens is 2. The monoisotopic (exact) mass is 381 g/mol. The molecule has 146 valence electrons. The molecule has 0 fully saturated rings. The van der Waals surface area contributed by atoms with E-state index in [1.54, 1.807) is 6.92 Å². The number of allylic oxidation sites excluding steroid dienone is 1. The number of aromatic amines is 2. The molecular formula is C21H23N3O4. The van der Waals surface area contributed by atoms with Crippen molar-refractivity contribution in [1.29, 1.82) is 0 Å². The average Bonchev–Trinajstić information content (AvgIpc) is 2.64. The van der Waals surface area contributed by atoms with Gasteiger partial charge in [-0.1, -0.05) is 50.8 Å². The Balaban J connectivity index is 2.20. The number of carbonyl (C=O) groups excluding carboxylic acids is 1. The second kappa shape index (κ2) is 7.72. The van der Waals surface area contributed by atoms with Crippen molar-refractivity contribution in [3.63, 3.8) is 0 Å². The van der Waals surface area contributed by atoms with Crippen molar-refractivity contribution in [2.75, 3.05) is 11.9 Å². The Kier molecular flexibility index (Phi) is 5.35. The lowest BCUT2D eigenvalue weighted by Gasteiger charge is -2.28. The minimum Gasteiger partial charge on any atom is -0.458 e. The summed E-state index contributed by atoms with van der Waals surface area (Å²) in [7, 11) is 0. The van der Waals surface area contributed by atoms with Crippen LogP contribution in [0.1, 0.15) is 49.3 Å². The molecule has 0 amide bonds. The van der Waals surface area contributed by atoms with Crippen molar-refractivity contribution in [1.82, 2.24) is 9.97 Å². The highest BCUT2D eigenvalue weighted by molar-refractivity contribution is 5.94. The number of hydrogen-bond acceptors (Lipinski definition) is 5. The molecular weight excluding hydrogens is 358 g/mol. The van der Waals surface area contributed by atoms with Gasteiger partial charge in [0, 0.05) is 5.70 Å². The lowest BCUT2D eigenvalue weighted by atomic mass is 9.81.